The van der Waals surface area contributed by atoms with Crippen molar-refractivity contribution in [3.63, 3.8) is 0 Å². The molecule has 1 unspecified atom stereocenters. The summed E-state index contributed by atoms with van der Waals surface area (Å²) in [5.41, 5.74) is 5.62. The number of hydrogen-bond donors (Lipinski definition) is 2. The number of nitrogens with one attached hydrogen (secondary N) is 2. The predicted molar refractivity (Wildman–Crippen MR) is 102 cm³/mol. The van der Waals surface area contributed by atoms with Crippen molar-refractivity contribution in [2.75, 3.05) is 0 Å². The van der Waals surface area contributed by atoms with Crippen LogP contribution in [0.25, 0.3) is 10.8 Å². The van der Waals surface area contributed by atoms with E-state index in [-0.39, 0.29) is 29.5 Å². The first kappa shape index (κ1) is 18.3. The lowest BCUT2D eigenvalue weighted by Crippen LogP contribution is -2.43. The minimum atomic E-state index is -0.581. The summed E-state index contributed by atoms with van der Waals surface area (Å²) in [6.07, 6.45) is 0.228. The fraction of sp³-hybridized carbons (Fsp3) is 0.200. The first-order valence-corrected chi connectivity index (χ1v) is 8.57. The highest BCUT2D eigenvalue weighted by atomic mass is 16.2. The number of hydrogen-bond acceptors (Lipinski definition) is 4. The van der Waals surface area contributed by atoms with E-state index < -0.39 is 5.91 Å². The number of aromatic nitrogens is 2. The lowest BCUT2D eigenvalue weighted by molar-refractivity contribution is -0.122. The molecule has 3 aromatic rings. The third-order valence-corrected chi connectivity index (χ3v) is 4.35. The zero-order valence-electron chi connectivity index (χ0n) is 15.1. The maximum absolute atomic E-state index is 12.5. The fourth-order valence-electron chi connectivity index (χ4n) is 2.88. The largest absolute Gasteiger partial charge is 0.290 e. The Bertz CT molecular complexity index is 1040. The molecule has 0 aliphatic carbocycles. The van der Waals surface area contributed by atoms with Crippen molar-refractivity contribution in [3.05, 3.63) is 76.2 Å². The summed E-state index contributed by atoms with van der Waals surface area (Å²) >= 11 is 0. The molecule has 7 nitrogen and oxygen atoms in total. The summed E-state index contributed by atoms with van der Waals surface area (Å²) in [6.45, 7) is 1.94. The number of nitrogens with zero attached hydrogens (tertiary/aromatic N) is 2. The Morgan fingerprint density at radius 1 is 1.00 bits per heavy atom. The van der Waals surface area contributed by atoms with Crippen LogP contribution in [0.1, 0.15) is 35.3 Å². The molecule has 0 fully saturated rings. The molecular formula is C20H20N4O3. The van der Waals surface area contributed by atoms with Gasteiger partial charge in [0, 0.05) is 18.9 Å². The van der Waals surface area contributed by atoms with Gasteiger partial charge in [-0.05, 0) is 17.5 Å². The van der Waals surface area contributed by atoms with Crippen LogP contribution in [0.3, 0.4) is 0 Å². The van der Waals surface area contributed by atoms with Crippen LogP contribution in [0.5, 0.6) is 0 Å². The quantitative estimate of drug-likeness (QED) is 0.692. The molecule has 27 heavy (non-hydrogen) atoms. The normalized spacial score (nSPS) is 11.8. The molecule has 1 aromatic heterocycles. The van der Waals surface area contributed by atoms with Crippen LogP contribution in [0.15, 0.2) is 59.4 Å². The second-order valence-electron chi connectivity index (χ2n) is 6.34. The van der Waals surface area contributed by atoms with Crippen LogP contribution in [0.2, 0.25) is 0 Å². The van der Waals surface area contributed by atoms with Gasteiger partial charge in [-0.1, -0.05) is 55.5 Å². The molecule has 1 atom stereocenters. The van der Waals surface area contributed by atoms with Crippen molar-refractivity contribution in [3.8, 4) is 0 Å². The number of hydrazine groups is 1. The topological polar surface area (TPSA) is 93.1 Å². The second-order valence-corrected chi connectivity index (χ2v) is 6.34. The molecule has 2 amide bonds. The van der Waals surface area contributed by atoms with Crippen LogP contribution in [0, 0.1) is 0 Å². The fourth-order valence-corrected chi connectivity index (χ4v) is 2.88. The van der Waals surface area contributed by atoms with Crippen molar-refractivity contribution in [2.45, 2.75) is 19.3 Å². The molecule has 0 saturated heterocycles. The van der Waals surface area contributed by atoms with E-state index in [2.05, 4.69) is 16.0 Å². The van der Waals surface area contributed by atoms with Crippen molar-refractivity contribution in [1.82, 2.24) is 20.6 Å². The maximum atomic E-state index is 12.5. The molecule has 7 heteroatoms. The highest BCUT2D eigenvalue weighted by Gasteiger charge is 2.17. The Kier molecular flexibility index (Phi) is 5.30. The molecule has 3 rings (SSSR count). The average molecular weight is 364 g/mol. The maximum Gasteiger partial charge on any atom is 0.290 e. The van der Waals surface area contributed by atoms with Gasteiger partial charge in [0.2, 0.25) is 5.91 Å². The number of carbonyl (C=O) groups is 2. The Balaban J connectivity index is 1.70. The van der Waals surface area contributed by atoms with E-state index in [1.807, 2.05) is 37.3 Å². The van der Waals surface area contributed by atoms with Crippen molar-refractivity contribution in [2.24, 2.45) is 7.05 Å². The van der Waals surface area contributed by atoms with Gasteiger partial charge < -0.3 is 0 Å². The monoisotopic (exact) mass is 364 g/mol. The van der Waals surface area contributed by atoms with Crippen LogP contribution in [0.4, 0.5) is 0 Å². The minimum Gasteiger partial charge on any atom is -0.273 e. The zero-order chi connectivity index (χ0) is 19.4. The third kappa shape index (κ3) is 4.03. The van der Waals surface area contributed by atoms with E-state index in [9.17, 15) is 14.4 Å². The summed E-state index contributed by atoms with van der Waals surface area (Å²) in [6, 6.07) is 16.4. The van der Waals surface area contributed by atoms with E-state index in [1.54, 1.807) is 24.3 Å². The summed E-state index contributed by atoms with van der Waals surface area (Å²) in [7, 11) is 1.48. The van der Waals surface area contributed by atoms with Gasteiger partial charge in [-0.25, -0.2) is 4.68 Å². The molecule has 0 spiro atoms. The molecule has 2 aromatic carbocycles. The van der Waals surface area contributed by atoms with Gasteiger partial charge in [-0.2, -0.15) is 5.10 Å². The van der Waals surface area contributed by atoms with Crippen molar-refractivity contribution in [1.29, 1.82) is 0 Å². The van der Waals surface area contributed by atoms with Crippen LogP contribution in [-0.4, -0.2) is 21.6 Å². The molecule has 0 aliphatic rings. The lowest BCUT2D eigenvalue weighted by atomic mass is 9.98. The van der Waals surface area contributed by atoms with Gasteiger partial charge in [0.1, 0.15) is 0 Å². The van der Waals surface area contributed by atoms with Gasteiger partial charge in [0.15, 0.2) is 5.69 Å². The highest BCUT2D eigenvalue weighted by molar-refractivity contribution is 6.05. The Morgan fingerprint density at radius 2 is 1.63 bits per heavy atom. The van der Waals surface area contributed by atoms with Gasteiger partial charge in [0.05, 0.1) is 5.39 Å². The lowest BCUT2D eigenvalue weighted by Gasteiger charge is -2.13. The highest BCUT2D eigenvalue weighted by Crippen LogP contribution is 2.18. The summed E-state index contributed by atoms with van der Waals surface area (Å²) in [5, 5.41) is 4.86. The summed E-state index contributed by atoms with van der Waals surface area (Å²) in [4.78, 5) is 36.7. The van der Waals surface area contributed by atoms with Gasteiger partial charge in [-0.15, -0.1) is 0 Å². The van der Waals surface area contributed by atoms with Gasteiger partial charge in [-0.3, -0.25) is 25.2 Å². The number of aryl methyl sites for hydroxylation is 1. The predicted octanol–water partition coefficient (Wildman–Crippen LogP) is 1.89. The van der Waals surface area contributed by atoms with E-state index in [1.165, 1.54) is 7.05 Å². The first-order valence-electron chi connectivity index (χ1n) is 8.57. The number of amides is 2. The molecule has 0 aliphatic heterocycles. The van der Waals surface area contributed by atoms with Gasteiger partial charge >= 0.3 is 0 Å². The van der Waals surface area contributed by atoms with Crippen LogP contribution < -0.4 is 16.4 Å². The van der Waals surface area contributed by atoms with E-state index in [0.29, 0.717) is 10.8 Å². The number of benzene rings is 2. The Morgan fingerprint density at radius 3 is 2.33 bits per heavy atom. The molecule has 2 N–H and O–H groups in total. The molecule has 138 valence electrons. The molecule has 0 saturated carbocycles. The SMILES string of the molecule is CC(CC(=O)NNC(=O)c1nn(C)c(=O)c2ccccc12)c1ccccc1. The van der Waals surface area contributed by atoms with E-state index in [0.717, 1.165) is 10.2 Å². The number of fused-ring (bicyclic) bond motifs is 1. The van der Waals surface area contributed by atoms with Crippen molar-refractivity contribution >= 4 is 22.6 Å². The van der Waals surface area contributed by atoms with Gasteiger partial charge in [0.25, 0.3) is 11.5 Å². The second kappa shape index (κ2) is 7.82. The van der Waals surface area contributed by atoms with Crippen LogP contribution >= 0.6 is 0 Å². The molecule has 0 radical (unpaired) electrons. The van der Waals surface area contributed by atoms with E-state index >= 15 is 0 Å². The zero-order valence-corrected chi connectivity index (χ0v) is 15.1. The number of carbonyl (C=O) groups excluding carboxylic acids is 2. The summed E-state index contributed by atoms with van der Waals surface area (Å²) in [5.74, 6) is -0.879. The number of rotatable bonds is 4. The molecule has 1 heterocycles. The third-order valence-electron chi connectivity index (χ3n) is 4.35. The van der Waals surface area contributed by atoms with Crippen molar-refractivity contribution < 1.29 is 9.59 Å². The first-order chi connectivity index (χ1) is 13.0. The van der Waals surface area contributed by atoms with Crippen LogP contribution in [-0.2, 0) is 11.8 Å². The summed E-state index contributed by atoms with van der Waals surface area (Å²) < 4.78 is 1.11. The average Bonchev–Trinajstić information content (AvgIpc) is 2.69. The van der Waals surface area contributed by atoms with E-state index in [4.69, 9.17) is 0 Å². The molecule has 0 bridgehead atoms. The molecular weight excluding hydrogens is 344 g/mol. The smallest absolute Gasteiger partial charge is 0.273 e. The Labute approximate surface area is 156 Å². The minimum absolute atomic E-state index is 0.0135. The standard InChI is InChI=1S/C20H20N4O3/c1-13(14-8-4-3-5-9-14)12-17(25)21-22-19(26)18-15-10-6-7-11-16(15)20(27)24(2)23-18/h3-11,13H,12H2,1-2H3,(H,21,25)(H,22,26). The Hall–Kier alpha value is -3.48.